The zero-order valence-corrected chi connectivity index (χ0v) is 14.4. The van der Waals surface area contributed by atoms with E-state index in [0.29, 0.717) is 24.4 Å². The highest BCUT2D eigenvalue weighted by molar-refractivity contribution is 5.95. The molecule has 1 heterocycles. The van der Waals surface area contributed by atoms with Crippen molar-refractivity contribution in [2.24, 2.45) is 5.41 Å². The Balaban J connectivity index is 1.72. The molecule has 1 saturated carbocycles. The van der Waals surface area contributed by atoms with Crippen molar-refractivity contribution in [2.75, 3.05) is 20.3 Å². The number of aromatic amines is 1. The zero-order chi connectivity index (χ0) is 17.7. The molecule has 6 nitrogen and oxygen atoms in total. The van der Waals surface area contributed by atoms with Gasteiger partial charge in [0.15, 0.2) is 0 Å². The number of rotatable bonds is 6. The second kappa shape index (κ2) is 7.61. The van der Waals surface area contributed by atoms with E-state index in [9.17, 15) is 9.59 Å². The van der Waals surface area contributed by atoms with Crippen LogP contribution in [0.4, 0.5) is 0 Å². The third-order valence-electron chi connectivity index (χ3n) is 4.83. The quantitative estimate of drug-likeness (QED) is 0.845. The van der Waals surface area contributed by atoms with Gasteiger partial charge in [0, 0.05) is 30.2 Å². The smallest absolute Gasteiger partial charge is 0.266 e. The zero-order valence-electron chi connectivity index (χ0n) is 14.4. The minimum atomic E-state index is -0.268. The molecule has 0 radical (unpaired) electrons. The second-order valence-electron chi connectivity index (χ2n) is 6.71. The summed E-state index contributed by atoms with van der Waals surface area (Å²) in [6.45, 7) is 1.29. The number of methoxy groups -OCH3 is 1. The first-order valence-corrected chi connectivity index (χ1v) is 8.54. The number of benzene rings is 1. The summed E-state index contributed by atoms with van der Waals surface area (Å²) in [5, 5.41) is 3.05. The lowest BCUT2D eigenvalue weighted by atomic mass is 9.87. The van der Waals surface area contributed by atoms with Gasteiger partial charge in [-0.05, 0) is 25.0 Å². The molecule has 1 aromatic heterocycles. The number of amides is 1. The van der Waals surface area contributed by atoms with Crippen LogP contribution in [-0.4, -0.2) is 36.1 Å². The monoisotopic (exact) mass is 341 g/mol. The number of ether oxygens (including phenoxy) is 1. The molecule has 0 unspecified atom stereocenters. The van der Waals surface area contributed by atoms with Gasteiger partial charge in [0.2, 0.25) is 0 Å². The molecule has 2 aromatic rings. The molecule has 6 heteroatoms. The van der Waals surface area contributed by atoms with E-state index < -0.39 is 0 Å². The Morgan fingerprint density at radius 2 is 2.12 bits per heavy atom. The van der Waals surface area contributed by atoms with Gasteiger partial charge < -0.3 is 15.0 Å². The number of carbonyl (C=O) groups is 1. The fourth-order valence-corrected chi connectivity index (χ4v) is 3.52. The Morgan fingerprint density at radius 3 is 2.84 bits per heavy atom. The molecular formula is C19H23N3O3. The maximum Gasteiger partial charge on any atom is 0.266 e. The van der Waals surface area contributed by atoms with Gasteiger partial charge in [-0.2, -0.15) is 0 Å². The predicted molar refractivity (Wildman–Crippen MR) is 95.4 cm³/mol. The highest BCUT2D eigenvalue weighted by Crippen LogP contribution is 2.37. The Labute approximate surface area is 146 Å². The normalized spacial score (nSPS) is 15.9. The summed E-state index contributed by atoms with van der Waals surface area (Å²) in [5.41, 5.74) is 1.69. The second-order valence-corrected chi connectivity index (χ2v) is 6.71. The first-order chi connectivity index (χ1) is 12.1. The van der Waals surface area contributed by atoms with Crippen molar-refractivity contribution < 1.29 is 9.53 Å². The van der Waals surface area contributed by atoms with Crippen LogP contribution in [0, 0.1) is 5.41 Å². The van der Waals surface area contributed by atoms with Crippen LogP contribution in [0.3, 0.4) is 0 Å². The standard InChI is InChI=1S/C19H23N3O3/c1-25-13-19(7-2-3-8-19)12-21-18(24)15-6-4-5-14(9-15)16-10-20-11-17(23)22-16/h4-6,9-11H,2-3,7-8,12-13H2,1H3,(H,21,24)(H,22,23). The van der Waals surface area contributed by atoms with Crippen molar-refractivity contribution in [1.29, 1.82) is 0 Å². The first kappa shape index (κ1) is 17.4. The van der Waals surface area contributed by atoms with Crippen molar-refractivity contribution in [3.63, 3.8) is 0 Å². The highest BCUT2D eigenvalue weighted by Gasteiger charge is 2.34. The number of H-pyrrole nitrogens is 1. The molecule has 1 aliphatic rings. The average molecular weight is 341 g/mol. The molecule has 3 rings (SSSR count). The minimum absolute atomic E-state index is 0.0522. The Kier molecular flexibility index (Phi) is 5.28. The average Bonchev–Trinajstić information content (AvgIpc) is 3.09. The molecule has 1 fully saturated rings. The highest BCUT2D eigenvalue weighted by atomic mass is 16.5. The van der Waals surface area contributed by atoms with E-state index in [-0.39, 0.29) is 16.9 Å². The lowest BCUT2D eigenvalue weighted by molar-refractivity contribution is 0.0741. The predicted octanol–water partition coefficient (Wildman–Crippen LogP) is 2.37. The van der Waals surface area contributed by atoms with Crippen molar-refractivity contribution >= 4 is 5.91 Å². The van der Waals surface area contributed by atoms with Crippen LogP contribution >= 0.6 is 0 Å². The lowest BCUT2D eigenvalue weighted by Gasteiger charge is -2.28. The van der Waals surface area contributed by atoms with Crippen LogP contribution in [0.25, 0.3) is 11.3 Å². The summed E-state index contributed by atoms with van der Waals surface area (Å²) < 4.78 is 5.36. The number of nitrogens with zero attached hydrogens (tertiary/aromatic N) is 1. The SMILES string of the molecule is COCC1(CNC(=O)c2cccc(-c3cncc(=O)[nH]3)c2)CCCC1. The van der Waals surface area contributed by atoms with Crippen LogP contribution in [0.15, 0.2) is 41.5 Å². The summed E-state index contributed by atoms with van der Waals surface area (Å²) in [6, 6.07) is 7.17. The van der Waals surface area contributed by atoms with Gasteiger partial charge in [-0.3, -0.25) is 14.6 Å². The van der Waals surface area contributed by atoms with Gasteiger partial charge in [0.25, 0.3) is 11.5 Å². The van der Waals surface area contributed by atoms with Crippen LogP contribution in [0.1, 0.15) is 36.0 Å². The molecule has 0 spiro atoms. The molecule has 1 amide bonds. The molecule has 25 heavy (non-hydrogen) atoms. The number of carbonyl (C=O) groups excluding carboxylic acids is 1. The molecule has 1 aromatic carbocycles. The number of hydrogen-bond acceptors (Lipinski definition) is 4. The summed E-state index contributed by atoms with van der Waals surface area (Å²) in [5.74, 6) is -0.115. The Bertz CT molecular complexity index is 794. The summed E-state index contributed by atoms with van der Waals surface area (Å²) in [6.07, 6.45) is 7.32. The molecular weight excluding hydrogens is 318 g/mol. The largest absolute Gasteiger partial charge is 0.384 e. The van der Waals surface area contributed by atoms with Crippen LogP contribution in [-0.2, 0) is 4.74 Å². The minimum Gasteiger partial charge on any atom is -0.384 e. The van der Waals surface area contributed by atoms with Gasteiger partial charge in [-0.15, -0.1) is 0 Å². The van der Waals surface area contributed by atoms with E-state index in [2.05, 4.69) is 15.3 Å². The Hall–Kier alpha value is -2.47. The van der Waals surface area contributed by atoms with E-state index in [1.165, 1.54) is 19.0 Å². The summed E-state index contributed by atoms with van der Waals surface area (Å²) in [7, 11) is 1.71. The van der Waals surface area contributed by atoms with Crippen LogP contribution in [0.2, 0.25) is 0 Å². The number of nitrogens with one attached hydrogen (secondary N) is 2. The van der Waals surface area contributed by atoms with E-state index >= 15 is 0 Å². The third kappa shape index (κ3) is 4.14. The van der Waals surface area contributed by atoms with Crippen LogP contribution in [0.5, 0.6) is 0 Å². The van der Waals surface area contributed by atoms with Crippen molar-refractivity contribution in [3.8, 4) is 11.3 Å². The molecule has 2 N–H and O–H groups in total. The third-order valence-corrected chi connectivity index (χ3v) is 4.83. The molecule has 0 aliphatic heterocycles. The van der Waals surface area contributed by atoms with Crippen LogP contribution < -0.4 is 10.9 Å². The Morgan fingerprint density at radius 1 is 1.32 bits per heavy atom. The fourth-order valence-electron chi connectivity index (χ4n) is 3.52. The van der Waals surface area contributed by atoms with Gasteiger partial charge in [-0.1, -0.05) is 25.0 Å². The maximum absolute atomic E-state index is 12.6. The topological polar surface area (TPSA) is 84.1 Å². The molecule has 0 saturated heterocycles. The summed E-state index contributed by atoms with van der Waals surface area (Å²) >= 11 is 0. The fraction of sp³-hybridized carbons (Fsp3) is 0.421. The molecule has 0 atom stereocenters. The van der Waals surface area contributed by atoms with Crippen molar-refractivity contribution in [3.05, 3.63) is 52.6 Å². The molecule has 1 aliphatic carbocycles. The first-order valence-electron chi connectivity index (χ1n) is 8.54. The molecule has 132 valence electrons. The van der Waals surface area contributed by atoms with E-state index in [0.717, 1.165) is 18.4 Å². The van der Waals surface area contributed by atoms with E-state index in [1.807, 2.05) is 6.07 Å². The van der Waals surface area contributed by atoms with E-state index in [4.69, 9.17) is 4.74 Å². The lowest BCUT2D eigenvalue weighted by Crippen LogP contribution is -2.38. The van der Waals surface area contributed by atoms with Gasteiger partial charge >= 0.3 is 0 Å². The van der Waals surface area contributed by atoms with E-state index in [1.54, 1.807) is 31.5 Å². The van der Waals surface area contributed by atoms with Gasteiger partial charge in [-0.25, -0.2) is 0 Å². The molecule has 0 bridgehead atoms. The van der Waals surface area contributed by atoms with Crippen molar-refractivity contribution in [2.45, 2.75) is 25.7 Å². The van der Waals surface area contributed by atoms with Gasteiger partial charge in [0.1, 0.15) is 0 Å². The number of hydrogen-bond donors (Lipinski definition) is 2. The van der Waals surface area contributed by atoms with Crippen molar-refractivity contribution in [1.82, 2.24) is 15.3 Å². The maximum atomic E-state index is 12.6. The van der Waals surface area contributed by atoms with Gasteiger partial charge in [0.05, 0.1) is 24.7 Å². The summed E-state index contributed by atoms with van der Waals surface area (Å²) in [4.78, 5) is 30.6. The number of aromatic nitrogens is 2.